The lowest BCUT2D eigenvalue weighted by Gasteiger charge is -2.31. The number of halogens is 1. The standard InChI is InChI=1S/C17H17ClN2O2S/c18-15-7-6-14(23-15)17(22)20-10-8-12(9-11-20)16(21)19-13-4-2-1-3-5-13/h1-7,12H,8-11H2,(H,19,21). The quantitative estimate of drug-likeness (QED) is 0.914. The number of hydrogen-bond acceptors (Lipinski definition) is 3. The van der Waals surface area contributed by atoms with Gasteiger partial charge in [0.15, 0.2) is 0 Å². The number of hydrogen-bond donors (Lipinski definition) is 1. The molecular formula is C17H17ClN2O2S. The minimum atomic E-state index is -0.0498. The average molecular weight is 349 g/mol. The lowest BCUT2D eigenvalue weighted by atomic mass is 9.95. The van der Waals surface area contributed by atoms with Crippen molar-refractivity contribution in [3.8, 4) is 0 Å². The van der Waals surface area contributed by atoms with Gasteiger partial charge >= 0.3 is 0 Å². The van der Waals surface area contributed by atoms with Gasteiger partial charge in [-0.3, -0.25) is 9.59 Å². The van der Waals surface area contributed by atoms with Crippen molar-refractivity contribution in [1.29, 1.82) is 0 Å². The van der Waals surface area contributed by atoms with Crippen LogP contribution < -0.4 is 5.32 Å². The molecule has 0 aliphatic carbocycles. The van der Waals surface area contributed by atoms with Gasteiger partial charge in [-0.15, -0.1) is 11.3 Å². The topological polar surface area (TPSA) is 49.4 Å². The Balaban J connectivity index is 1.54. The van der Waals surface area contributed by atoms with E-state index in [1.807, 2.05) is 30.3 Å². The summed E-state index contributed by atoms with van der Waals surface area (Å²) >= 11 is 7.17. The highest BCUT2D eigenvalue weighted by atomic mass is 35.5. The number of amides is 2. The summed E-state index contributed by atoms with van der Waals surface area (Å²) in [6, 6.07) is 12.9. The first-order valence-electron chi connectivity index (χ1n) is 7.54. The first-order valence-corrected chi connectivity index (χ1v) is 8.73. The van der Waals surface area contributed by atoms with Crippen molar-refractivity contribution in [2.75, 3.05) is 18.4 Å². The fraction of sp³-hybridized carbons (Fsp3) is 0.294. The second-order valence-corrected chi connectivity index (χ2v) is 7.24. The first kappa shape index (κ1) is 16.0. The number of anilines is 1. The van der Waals surface area contributed by atoms with Crippen LogP contribution >= 0.6 is 22.9 Å². The van der Waals surface area contributed by atoms with Crippen molar-refractivity contribution in [2.24, 2.45) is 5.92 Å². The summed E-state index contributed by atoms with van der Waals surface area (Å²) in [7, 11) is 0. The minimum Gasteiger partial charge on any atom is -0.338 e. The molecule has 0 unspecified atom stereocenters. The maximum Gasteiger partial charge on any atom is 0.263 e. The molecule has 2 heterocycles. The van der Waals surface area contributed by atoms with Crippen LogP contribution in [0, 0.1) is 5.92 Å². The number of carbonyl (C=O) groups excluding carboxylic acids is 2. The van der Waals surface area contributed by atoms with E-state index in [9.17, 15) is 9.59 Å². The molecule has 2 amide bonds. The third kappa shape index (κ3) is 3.92. The molecule has 0 radical (unpaired) electrons. The Morgan fingerprint density at radius 3 is 2.39 bits per heavy atom. The summed E-state index contributed by atoms with van der Waals surface area (Å²) < 4.78 is 0.616. The fourth-order valence-corrected chi connectivity index (χ4v) is 3.71. The summed E-state index contributed by atoms with van der Waals surface area (Å²) in [5.74, 6) is -0.0162. The summed E-state index contributed by atoms with van der Waals surface area (Å²) in [6.07, 6.45) is 1.37. The van der Waals surface area contributed by atoms with Gasteiger partial charge < -0.3 is 10.2 Å². The molecular weight excluding hydrogens is 332 g/mol. The zero-order valence-electron chi connectivity index (χ0n) is 12.5. The third-order valence-electron chi connectivity index (χ3n) is 3.98. The second kappa shape index (κ2) is 7.15. The van der Waals surface area contributed by atoms with Gasteiger partial charge in [0.05, 0.1) is 9.21 Å². The van der Waals surface area contributed by atoms with Gasteiger partial charge in [-0.25, -0.2) is 0 Å². The van der Waals surface area contributed by atoms with Crippen LogP contribution in [0.3, 0.4) is 0 Å². The van der Waals surface area contributed by atoms with E-state index in [0.29, 0.717) is 35.1 Å². The van der Waals surface area contributed by atoms with Crippen LogP contribution in [0.5, 0.6) is 0 Å². The SMILES string of the molecule is O=C(Nc1ccccc1)C1CCN(C(=O)c2ccc(Cl)s2)CC1. The molecule has 6 heteroatoms. The molecule has 1 aromatic carbocycles. The van der Waals surface area contributed by atoms with Gasteiger partial charge in [-0.2, -0.15) is 0 Å². The molecule has 0 spiro atoms. The van der Waals surface area contributed by atoms with Gasteiger partial charge in [-0.05, 0) is 37.1 Å². The van der Waals surface area contributed by atoms with E-state index >= 15 is 0 Å². The monoisotopic (exact) mass is 348 g/mol. The Morgan fingerprint density at radius 1 is 1.09 bits per heavy atom. The largest absolute Gasteiger partial charge is 0.338 e. The number of thiophene rings is 1. The summed E-state index contributed by atoms with van der Waals surface area (Å²) in [5, 5.41) is 2.93. The third-order valence-corrected chi connectivity index (χ3v) is 5.20. The van der Waals surface area contributed by atoms with Crippen LogP contribution in [0.2, 0.25) is 4.34 Å². The van der Waals surface area contributed by atoms with E-state index in [0.717, 1.165) is 5.69 Å². The number of nitrogens with zero attached hydrogens (tertiary/aromatic N) is 1. The van der Waals surface area contributed by atoms with Crippen LogP contribution in [0.4, 0.5) is 5.69 Å². The first-order chi connectivity index (χ1) is 11.1. The minimum absolute atomic E-state index is 0.00353. The molecule has 1 saturated heterocycles. The van der Waals surface area contributed by atoms with Gasteiger partial charge in [0.2, 0.25) is 5.91 Å². The molecule has 1 N–H and O–H groups in total. The van der Waals surface area contributed by atoms with E-state index in [-0.39, 0.29) is 17.7 Å². The van der Waals surface area contributed by atoms with Crippen molar-refractivity contribution in [3.05, 3.63) is 51.7 Å². The van der Waals surface area contributed by atoms with Crippen molar-refractivity contribution in [1.82, 2.24) is 4.90 Å². The molecule has 0 bridgehead atoms. The zero-order chi connectivity index (χ0) is 16.2. The highest BCUT2D eigenvalue weighted by Crippen LogP contribution is 2.25. The van der Waals surface area contributed by atoms with Crippen molar-refractivity contribution >= 4 is 40.4 Å². The van der Waals surface area contributed by atoms with E-state index < -0.39 is 0 Å². The number of likely N-dealkylation sites (tertiary alicyclic amines) is 1. The maximum atomic E-state index is 12.4. The molecule has 3 rings (SSSR count). The normalized spacial score (nSPS) is 15.4. The van der Waals surface area contributed by atoms with Crippen molar-refractivity contribution in [2.45, 2.75) is 12.8 Å². The van der Waals surface area contributed by atoms with Crippen molar-refractivity contribution < 1.29 is 9.59 Å². The molecule has 23 heavy (non-hydrogen) atoms. The van der Waals surface area contributed by atoms with Crippen molar-refractivity contribution in [3.63, 3.8) is 0 Å². The predicted molar refractivity (Wildman–Crippen MR) is 93.0 cm³/mol. The van der Waals surface area contributed by atoms with Crippen LogP contribution in [0.25, 0.3) is 0 Å². The molecule has 0 saturated carbocycles. The Bertz CT molecular complexity index is 694. The number of piperidine rings is 1. The highest BCUT2D eigenvalue weighted by Gasteiger charge is 2.28. The van der Waals surface area contributed by atoms with E-state index in [1.165, 1.54) is 11.3 Å². The van der Waals surface area contributed by atoms with Crippen LogP contribution in [0.15, 0.2) is 42.5 Å². The molecule has 1 aromatic heterocycles. The molecule has 120 valence electrons. The summed E-state index contributed by atoms with van der Waals surface area (Å²) in [6.45, 7) is 1.20. The number of para-hydroxylation sites is 1. The van der Waals surface area contributed by atoms with Gasteiger partial charge in [0.25, 0.3) is 5.91 Å². The zero-order valence-corrected chi connectivity index (χ0v) is 14.1. The lowest BCUT2D eigenvalue weighted by Crippen LogP contribution is -2.41. The number of rotatable bonds is 3. The van der Waals surface area contributed by atoms with Crippen LogP contribution in [0.1, 0.15) is 22.5 Å². The van der Waals surface area contributed by atoms with Gasteiger partial charge in [0, 0.05) is 24.7 Å². The van der Waals surface area contributed by atoms with Crippen LogP contribution in [-0.2, 0) is 4.79 Å². The molecule has 1 fully saturated rings. The predicted octanol–water partition coefficient (Wildman–Crippen LogP) is 3.89. The fourth-order valence-electron chi connectivity index (χ4n) is 2.70. The number of benzene rings is 1. The van der Waals surface area contributed by atoms with Crippen LogP contribution in [-0.4, -0.2) is 29.8 Å². The van der Waals surface area contributed by atoms with E-state index in [2.05, 4.69) is 5.32 Å². The van der Waals surface area contributed by atoms with E-state index in [4.69, 9.17) is 11.6 Å². The molecule has 4 nitrogen and oxygen atoms in total. The van der Waals surface area contributed by atoms with Gasteiger partial charge in [-0.1, -0.05) is 29.8 Å². The van der Waals surface area contributed by atoms with E-state index in [1.54, 1.807) is 17.0 Å². The smallest absolute Gasteiger partial charge is 0.263 e. The highest BCUT2D eigenvalue weighted by molar-refractivity contribution is 7.17. The molecule has 1 aliphatic rings. The molecule has 0 atom stereocenters. The Labute approximate surface area is 144 Å². The number of carbonyl (C=O) groups is 2. The molecule has 2 aromatic rings. The molecule has 1 aliphatic heterocycles. The Hall–Kier alpha value is -1.85. The van der Waals surface area contributed by atoms with Gasteiger partial charge in [0.1, 0.15) is 0 Å². The summed E-state index contributed by atoms with van der Waals surface area (Å²) in [4.78, 5) is 27.1. The Kier molecular flexibility index (Phi) is 4.98. The summed E-state index contributed by atoms with van der Waals surface area (Å²) in [5.41, 5.74) is 0.809. The second-order valence-electron chi connectivity index (χ2n) is 5.53. The Morgan fingerprint density at radius 2 is 1.78 bits per heavy atom. The number of nitrogens with one attached hydrogen (secondary N) is 1. The lowest BCUT2D eigenvalue weighted by molar-refractivity contribution is -0.121. The maximum absolute atomic E-state index is 12.4. The average Bonchev–Trinajstić information content (AvgIpc) is 3.02.